The summed E-state index contributed by atoms with van der Waals surface area (Å²) in [6.07, 6.45) is -1.20. The molecule has 0 heterocycles. The van der Waals surface area contributed by atoms with Crippen LogP contribution in [0.4, 0.5) is 4.79 Å². The summed E-state index contributed by atoms with van der Waals surface area (Å²) in [5, 5.41) is 8.55. The van der Waals surface area contributed by atoms with Crippen LogP contribution >= 0.6 is 0 Å². The van der Waals surface area contributed by atoms with E-state index < -0.39 is 28.8 Å². The van der Waals surface area contributed by atoms with E-state index in [2.05, 4.69) is 9.47 Å². The topological polar surface area (TPSA) is 122 Å². The fraction of sp³-hybridized carbons (Fsp3) is 0.714. The molecule has 9 nitrogen and oxygen atoms in total. The van der Waals surface area contributed by atoms with Gasteiger partial charge in [-0.15, -0.1) is 0 Å². The lowest BCUT2D eigenvalue weighted by atomic mass is 10.6. The molecule has 100 valence electrons. The van der Waals surface area contributed by atoms with Crippen molar-refractivity contribution in [2.75, 3.05) is 33.9 Å². The number of amides is 1. The fourth-order valence-electron chi connectivity index (χ4n) is 0.840. The molecular weight excluding hydrogens is 256 g/mol. The molecule has 0 radical (unpaired) electrons. The van der Waals surface area contributed by atoms with Gasteiger partial charge in [-0.1, -0.05) is 0 Å². The third kappa shape index (κ3) is 6.04. The SMILES string of the molecule is COCCN(CC(=O)O)S(=O)(=O)NC(=O)OC. The highest BCUT2D eigenvalue weighted by Gasteiger charge is 2.26. The molecule has 0 spiro atoms. The highest BCUT2D eigenvalue weighted by atomic mass is 32.2. The van der Waals surface area contributed by atoms with Gasteiger partial charge in [0.1, 0.15) is 6.54 Å². The number of carboxylic acids is 1. The van der Waals surface area contributed by atoms with Gasteiger partial charge in [0.2, 0.25) is 0 Å². The lowest BCUT2D eigenvalue weighted by molar-refractivity contribution is -0.137. The molecule has 0 unspecified atom stereocenters. The fourth-order valence-corrected chi connectivity index (χ4v) is 1.86. The smallest absolute Gasteiger partial charge is 0.421 e. The van der Waals surface area contributed by atoms with Crippen LogP contribution in [0.3, 0.4) is 0 Å². The summed E-state index contributed by atoms with van der Waals surface area (Å²) in [5.74, 6) is -1.35. The third-order valence-corrected chi connectivity index (χ3v) is 3.01. The zero-order valence-corrected chi connectivity index (χ0v) is 10.2. The summed E-state index contributed by atoms with van der Waals surface area (Å²) in [6, 6.07) is 0. The van der Waals surface area contributed by atoms with Crippen molar-refractivity contribution in [3.05, 3.63) is 0 Å². The first kappa shape index (κ1) is 15.6. The molecule has 17 heavy (non-hydrogen) atoms. The Morgan fingerprint density at radius 2 is 1.94 bits per heavy atom. The summed E-state index contributed by atoms with van der Waals surface area (Å²) in [5.41, 5.74) is 0. The molecular formula is C7H14N2O7S. The van der Waals surface area contributed by atoms with Crippen LogP contribution in [0.1, 0.15) is 0 Å². The van der Waals surface area contributed by atoms with Crippen LogP contribution in [0.25, 0.3) is 0 Å². The van der Waals surface area contributed by atoms with Crippen LogP contribution in [0.5, 0.6) is 0 Å². The van der Waals surface area contributed by atoms with Gasteiger partial charge >= 0.3 is 22.3 Å². The van der Waals surface area contributed by atoms with Gasteiger partial charge in [0.25, 0.3) is 0 Å². The van der Waals surface area contributed by atoms with Crippen LogP contribution in [-0.2, 0) is 24.5 Å². The lowest BCUT2D eigenvalue weighted by Gasteiger charge is -2.19. The zero-order chi connectivity index (χ0) is 13.5. The Labute approximate surface area is 98.5 Å². The van der Waals surface area contributed by atoms with Crippen molar-refractivity contribution in [1.82, 2.24) is 9.03 Å². The standard InChI is InChI=1S/C7H14N2O7S/c1-15-4-3-9(5-6(10)11)17(13,14)8-7(12)16-2/h3-5H2,1-2H3,(H,8,12)(H,10,11). The van der Waals surface area contributed by atoms with Crippen LogP contribution in [0.15, 0.2) is 0 Å². The van der Waals surface area contributed by atoms with Crippen molar-refractivity contribution in [2.45, 2.75) is 0 Å². The van der Waals surface area contributed by atoms with Crippen LogP contribution in [0, 0.1) is 0 Å². The van der Waals surface area contributed by atoms with Gasteiger partial charge in [-0.2, -0.15) is 12.7 Å². The molecule has 0 aromatic rings. The summed E-state index contributed by atoms with van der Waals surface area (Å²) < 4.78 is 33.9. The first-order valence-electron chi connectivity index (χ1n) is 4.40. The molecule has 0 atom stereocenters. The number of nitrogens with zero attached hydrogens (tertiary/aromatic N) is 1. The predicted molar refractivity (Wildman–Crippen MR) is 55.5 cm³/mol. The second-order valence-corrected chi connectivity index (χ2v) is 4.49. The Bertz CT molecular complexity index is 366. The average Bonchev–Trinajstić information content (AvgIpc) is 2.22. The van der Waals surface area contributed by atoms with Gasteiger partial charge in [-0.3, -0.25) is 4.79 Å². The number of carbonyl (C=O) groups is 2. The number of carbonyl (C=O) groups excluding carboxylic acids is 1. The van der Waals surface area contributed by atoms with E-state index in [0.717, 1.165) is 7.11 Å². The first-order valence-corrected chi connectivity index (χ1v) is 5.84. The van der Waals surface area contributed by atoms with E-state index in [1.807, 2.05) is 0 Å². The lowest BCUT2D eigenvalue weighted by Crippen LogP contribution is -2.46. The molecule has 0 saturated carbocycles. The Balaban J connectivity index is 4.75. The zero-order valence-electron chi connectivity index (χ0n) is 9.37. The first-order chi connectivity index (χ1) is 7.83. The molecule has 2 N–H and O–H groups in total. The van der Waals surface area contributed by atoms with Crippen molar-refractivity contribution in [3.63, 3.8) is 0 Å². The Morgan fingerprint density at radius 1 is 1.35 bits per heavy atom. The van der Waals surface area contributed by atoms with Crippen molar-refractivity contribution in [2.24, 2.45) is 0 Å². The maximum Gasteiger partial charge on any atom is 0.421 e. The third-order valence-electron chi connectivity index (χ3n) is 1.59. The van der Waals surface area contributed by atoms with E-state index in [4.69, 9.17) is 5.11 Å². The highest BCUT2D eigenvalue weighted by Crippen LogP contribution is 1.98. The van der Waals surface area contributed by atoms with E-state index >= 15 is 0 Å². The molecule has 0 aliphatic rings. The number of aliphatic carboxylic acids is 1. The second kappa shape index (κ2) is 7.04. The summed E-state index contributed by atoms with van der Waals surface area (Å²) in [6.45, 7) is -0.986. The highest BCUT2D eigenvalue weighted by molar-refractivity contribution is 7.87. The molecule has 0 saturated heterocycles. The number of ether oxygens (including phenoxy) is 2. The normalized spacial score (nSPS) is 11.2. The number of hydrogen-bond acceptors (Lipinski definition) is 6. The maximum absolute atomic E-state index is 11.5. The molecule has 10 heteroatoms. The molecule has 0 fully saturated rings. The number of carboxylic acid groups (broad SMARTS) is 1. The van der Waals surface area contributed by atoms with E-state index in [9.17, 15) is 18.0 Å². The molecule has 1 amide bonds. The van der Waals surface area contributed by atoms with E-state index in [1.165, 1.54) is 11.8 Å². The molecule has 0 aromatic carbocycles. The minimum Gasteiger partial charge on any atom is -0.480 e. The number of nitrogens with one attached hydrogen (secondary N) is 1. The van der Waals surface area contributed by atoms with Gasteiger partial charge in [0, 0.05) is 13.7 Å². The Kier molecular flexibility index (Phi) is 6.46. The number of methoxy groups -OCH3 is 2. The molecule has 0 aliphatic heterocycles. The van der Waals surface area contributed by atoms with Gasteiger partial charge in [-0.25, -0.2) is 9.52 Å². The van der Waals surface area contributed by atoms with E-state index in [0.29, 0.717) is 4.31 Å². The van der Waals surface area contributed by atoms with Crippen molar-refractivity contribution < 1.29 is 32.6 Å². The largest absolute Gasteiger partial charge is 0.480 e. The second-order valence-electron chi connectivity index (χ2n) is 2.82. The van der Waals surface area contributed by atoms with Gasteiger partial charge in [0.05, 0.1) is 13.7 Å². The van der Waals surface area contributed by atoms with Gasteiger partial charge in [0.15, 0.2) is 0 Å². The predicted octanol–water partition coefficient (Wildman–Crippen LogP) is -1.38. The summed E-state index contributed by atoms with van der Waals surface area (Å²) >= 11 is 0. The van der Waals surface area contributed by atoms with Crippen LogP contribution in [-0.4, -0.2) is 63.8 Å². The molecule has 0 aromatic heterocycles. The number of hydrogen-bond donors (Lipinski definition) is 2. The number of rotatable bonds is 7. The maximum atomic E-state index is 11.5. The Hall–Kier alpha value is -1.39. The molecule has 0 aliphatic carbocycles. The molecule has 0 bridgehead atoms. The van der Waals surface area contributed by atoms with E-state index in [1.54, 1.807) is 0 Å². The van der Waals surface area contributed by atoms with Crippen molar-refractivity contribution >= 4 is 22.3 Å². The van der Waals surface area contributed by atoms with Gasteiger partial charge in [-0.05, 0) is 0 Å². The van der Waals surface area contributed by atoms with E-state index in [-0.39, 0.29) is 13.2 Å². The van der Waals surface area contributed by atoms with Gasteiger partial charge < -0.3 is 14.6 Å². The van der Waals surface area contributed by atoms with Crippen LogP contribution in [0.2, 0.25) is 0 Å². The average molecular weight is 270 g/mol. The van der Waals surface area contributed by atoms with Crippen molar-refractivity contribution in [3.8, 4) is 0 Å². The molecule has 0 rings (SSSR count). The summed E-state index contributed by atoms with van der Waals surface area (Å²) in [4.78, 5) is 21.3. The monoisotopic (exact) mass is 270 g/mol. The quantitative estimate of drug-likeness (QED) is 0.584. The summed E-state index contributed by atoms with van der Waals surface area (Å²) in [7, 11) is -1.93. The minimum absolute atomic E-state index is 0.00460. The minimum atomic E-state index is -4.25. The van der Waals surface area contributed by atoms with Crippen LogP contribution < -0.4 is 4.72 Å². The van der Waals surface area contributed by atoms with Crippen molar-refractivity contribution in [1.29, 1.82) is 0 Å². The Morgan fingerprint density at radius 3 is 2.35 bits per heavy atom.